The fraction of sp³-hybridized carbons (Fsp3) is 0.455. The van der Waals surface area contributed by atoms with Gasteiger partial charge in [-0.15, -0.1) is 0 Å². The molecule has 0 spiro atoms. The average molecular weight is 400 g/mol. The predicted molar refractivity (Wildman–Crippen MR) is 109 cm³/mol. The fourth-order valence-electron chi connectivity index (χ4n) is 3.60. The van der Waals surface area contributed by atoms with Crippen LogP contribution in [-0.4, -0.2) is 42.6 Å². The summed E-state index contributed by atoms with van der Waals surface area (Å²) in [6, 6.07) is 5.26. The Morgan fingerprint density at radius 3 is 2.55 bits per heavy atom. The van der Waals surface area contributed by atoms with E-state index in [2.05, 4.69) is 10.3 Å². The number of rotatable bonds is 7. The monoisotopic (exact) mass is 400 g/mol. The van der Waals surface area contributed by atoms with Crippen molar-refractivity contribution in [1.29, 1.82) is 0 Å². The van der Waals surface area contributed by atoms with Crippen LogP contribution >= 0.6 is 0 Å². The second-order valence-electron chi connectivity index (χ2n) is 7.22. The predicted octanol–water partition coefficient (Wildman–Crippen LogP) is 3.50. The molecule has 156 valence electrons. The van der Waals surface area contributed by atoms with E-state index < -0.39 is 12.0 Å². The van der Waals surface area contributed by atoms with E-state index in [1.807, 2.05) is 32.0 Å². The number of carbonyl (C=O) groups is 2. The lowest BCUT2D eigenvalue weighted by molar-refractivity contribution is 0.0525. The van der Waals surface area contributed by atoms with Crippen LogP contribution in [0.15, 0.2) is 18.2 Å². The van der Waals surface area contributed by atoms with E-state index >= 15 is 0 Å². The van der Waals surface area contributed by atoms with Crippen molar-refractivity contribution in [2.24, 2.45) is 0 Å². The standard InChI is InChI=1S/C22H28N2O5/c1-6-27-22(26)19-12(2)20(24-14(19)4)21(25)15(5)23-13(3)16-7-8-17-18(11-16)29-10-9-28-17/h7-8,11,13,15,23-24H,6,9-10H2,1-5H3/t13-,15-/m0/s1. The number of H-pyrrole nitrogens is 1. The first kappa shape index (κ1) is 20.9. The normalized spacial score (nSPS) is 14.9. The number of aromatic nitrogens is 1. The summed E-state index contributed by atoms with van der Waals surface area (Å²) < 4.78 is 16.3. The van der Waals surface area contributed by atoms with Crippen molar-refractivity contribution in [3.8, 4) is 11.5 Å². The molecule has 1 aliphatic heterocycles. The molecule has 2 atom stereocenters. The fourth-order valence-corrected chi connectivity index (χ4v) is 3.60. The molecule has 0 unspecified atom stereocenters. The number of carbonyl (C=O) groups excluding carboxylic acids is 2. The third-order valence-electron chi connectivity index (χ3n) is 5.12. The topological polar surface area (TPSA) is 89.7 Å². The summed E-state index contributed by atoms with van der Waals surface area (Å²) in [4.78, 5) is 28.3. The highest BCUT2D eigenvalue weighted by Gasteiger charge is 2.26. The maximum atomic E-state index is 13.0. The van der Waals surface area contributed by atoms with Gasteiger partial charge in [-0.05, 0) is 57.9 Å². The van der Waals surface area contributed by atoms with Crippen molar-refractivity contribution in [2.75, 3.05) is 19.8 Å². The van der Waals surface area contributed by atoms with Gasteiger partial charge in [-0.2, -0.15) is 0 Å². The Morgan fingerprint density at radius 2 is 1.86 bits per heavy atom. The molecule has 7 nitrogen and oxygen atoms in total. The molecule has 2 heterocycles. The largest absolute Gasteiger partial charge is 0.486 e. The maximum Gasteiger partial charge on any atom is 0.340 e. The Labute approximate surface area is 170 Å². The van der Waals surface area contributed by atoms with Gasteiger partial charge in [-0.3, -0.25) is 4.79 Å². The summed E-state index contributed by atoms with van der Waals surface area (Å²) in [5.41, 5.74) is 3.12. The molecule has 3 rings (SSSR count). The third-order valence-corrected chi connectivity index (χ3v) is 5.12. The molecule has 0 aliphatic carbocycles. The van der Waals surface area contributed by atoms with Crippen LogP contribution in [0.2, 0.25) is 0 Å². The minimum absolute atomic E-state index is 0.0781. The molecule has 1 aromatic heterocycles. The molecule has 0 fully saturated rings. The molecule has 0 saturated heterocycles. The summed E-state index contributed by atoms with van der Waals surface area (Å²) in [5.74, 6) is 0.935. The Bertz CT molecular complexity index is 918. The number of esters is 1. The molecule has 0 bridgehead atoms. The van der Waals surface area contributed by atoms with Crippen LogP contribution in [-0.2, 0) is 4.74 Å². The van der Waals surface area contributed by atoms with Gasteiger partial charge in [0.25, 0.3) is 0 Å². The smallest absolute Gasteiger partial charge is 0.340 e. The zero-order valence-corrected chi connectivity index (χ0v) is 17.5. The summed E-state index contributed by atoms with van der Waals surface area (Å²) in [6.07, 6.45) is 0. The van der Waals surface area contributed by atoms with E-state index in [-0.39, 0.29) is 18.4 Å². The Kier molecular flexibility index (Phi) is 6.27. The number of hydrogen-bond acceptors (Lipinski definition) is 6. The molecule has 1 aliphatic rings. The van der Waals surface area contributed by atoms with Crippen LogP contribution in [0.4, 0.5) is 0 Å². The average Bonchev–Trinajstić information content (AvgIpc) is 3.01. The van der Waals surface area contributed by atoms with E-state index in [1.165, 1.54) is 0 Å². The first-order chi connectivity index (χ1) is 13.8. The zero-order chi connectivity index (χ0) is 21.1. The zero-order valence-electron chi connectivity index (χ0n) is 17.5. The SMILES string of the molecule is CCOC(=O)c1c(C)[nH]c(C(=O)[C@H](C)N[C@@H](C)c2ccc3c(c2)OCCO3)c1C. The number of nitrogens with one attached hydrogen (secondary N) is 2. The van der Waals surface area contributed by atoms with Crippen LogP contribution in [0.5, 0.6) is 11.5 Å². The van der Waals surface area contributed by atoms with Gasteiger partial charge in [0.2, 0.25) is 0 Å². The van der Waals surface area contributed by atoms with Crippen molar-refractivity contribution >= 4 is 11.8 Å². The maximum absolute atomic E-state index is 13.0. The van der Waals surface area contributed by atoms with E-state index in [0.29, 0.717) is 35.7 Å². The van der Waals surface area contributed by atoms with Gasteiger partial charge in [-0.1, -0.05) is 6.07 Å². The molecule has 2 N–H and O–H groups in total. The Balaban J connectivity index is 1.74. The minimum Gasteiger partial charge on any atom is -0.486 e. The molecular weight excluding hydrogens is 372 g/mol. The summed E-state index contributed by atoms with van der Waals surface area (Å²) in [7, 11) is 0. The number of aryl methyl sites for hydroxylation is 1. The molecule has 0 amide bonds. The molecule has 2 aromatic rings. The quantitative estimate of drug-likeness (QED) is 0.546. The van der Waals surface area contributed by atoms with Crippen molar-refractivity contribution in [3.63, 3.8) is 0 Å². The van der Waals surface area contributed by atoms with Crippen molar-refractivity contribution < 1.29 is 23.8 Å². The van der Waals surface area contributed by atoms with Crippen molar-refractivity contribution in [2.45, 2.75) is 46.7 Å². The van der Waals surface area contributed by atoms with Crippen LogP contribution in [0.1, 0.15) is 64.5 Å². The van der Waals surface area contributed by atoms with Gasteiger partial charge in [0.15, 0.2) is 17.3 Å². The number of hydrogen-bond donors (Lipinski definition) is 2. The van der Waals surface area contributed by atoms with Gasteiger partial charge in [-0.25, -0.2) is 4.79 Å². The summed E-state index contributed by atoms with van der Waals surface area (Å²) in [5, 5.41) is 3.33. The number of ketones is 1. The van der Waals surface area contributed by atoms with Crippen LogP contribution in [0.25, 0.3) is 0 Å². The number of fused-ring (bicyclic) bond motifs is 1. The molecule has 29 heavy (non-hydrogen) atoms. The highest BCUT2D eigenvalue weighted by Crippen LogP contribution is 2.32. The highest BCUT2D eigenvalue weighted by molar-refractivity contribution is 6.03. The molecular formula is C22H28N2O5. The van der Waals surface area contributed by atoms with Gasteiger partial charge in [0.1, 0.15) is 13.2 Å². The van der Waals surface area contributed by atoms with Crippen molar-refractivity contribution in [1.82, 2.24) is 10.3 Å². The lowest BCUT2D eigenvalue weighted by atomic mass is 10.0. The molecule has 0 saturated carbocycles. The first-order valence-electron chi connectivity index (χ1n) is 9.89. The van der Waals surface area contributed by atoms with E-state index in [0.717, 1.165) is 17.1 Å². The van der Waals surface area contributed by atoms with E-state index in [1.54, 1.807) is 20.8 Å². The van der Waals surface area contributed by atoms with Crippen LogP contribution in [0.3, 0.4) is 0 Å². The van der Waals surface area contributed by atoms with Gasteiger partial charge in [0.05, 0.1) is 23.9 Å². The van der Waals surface area contributed by atoms with Crippen LogP contribution < -0.4 is 14.8 Å². The minimum atomic E-state index is -0.454. The number of benzene rings is 1. The number of aromatic amines is 1. The Morgan fingerprint density at radius 1 is 1.17 bits per heavy atom. The first-order valence-corrected chi connectivity index (χ1v) is 9.89. The summed E-state index contributed by atoms with van der Waals surface area (Å²) in [6.45, 7) is 10.5. The van der Waals surface area contributed by atoms with Gasteiger partial charge in [0, 0.05) is 11.7 Å². The summed E-state index contributed by atoms with van der Waals surface area (Å²) >= 11 is 0. The number of ether oxygens (including phenoxy) is 3. The second-order valence-corrected chi connectivity index (χ2v) is 7.22. The van der Waals surface area contributed by atoms with Gasteiger partial charge >= 0.3 is 5.97 Å². The lowest BCUT2D eigenvalue weighted by Gasteiger charge is -2.23. The van der Waals surface area contributed by atoms with E-state index in [9.17, 15) is 9.59 Å². The molecule has 7 heteroatoms. The molecule has 1 aromatic carbocycles. The Hall–Kier alpha value is -2.80. The second kappa shape index (κ2) is 8.69. The lowest BCUT2D eigenvalue weighted by Crippen LogP contribution is -2.36. The molecule has 0 radical (unpaired) electrons. The van der Waals surface area contributed by atoms with E-state index in [4.69, 9.17) is 14.2 Å². The van der Waals surface area contributed by atoms with Crippen LogP contribution in [0, 0.1) is 13.8 Å². The highest BCUT2D eigenvalue weighted by atomic mass is 16.6. The van der Waals surface area contributed by atoms with Gasteiger partial charge < -0.3 is 24.5 Å². The third kappa shape index (κ3) is 4.29. The van der Waals surface area contributed by atoms with Crippen molar-refractivity contribution in [3.05, 3.63) is 46.3 Å². The number of Topliss-reactive ketones (excluding diaryl/α,β-unsaturated/α-hetero) is 1.